The van der Waals surface area contributed by atoms with E-state index in [1.54, 1.807) is 6.07 Å². The van der Waals surface area contributed by atoms with E-state index in [-0.39, 0.29) is 5.82 Å². The van der Waals surface area contributed by atoms with Crippen molar-refractivity contribution in [2.45, 2.75) is 6.92 Å². The van der Waals surface area contributed by atoms with Gasteiger partial charge in [-0.2, -0.15) is 0 Å². The topological polar surface area (TPSA) is 15.7 Å². The quantitative estimate of drug-likeness (QED) is 0.812. The summed E-state index contributed by atoms with van der Waals surface area (Å²) in [5.41, 5.74) is 0.855. The Morgan fingerprint density at radius 3 is 2.61 bits per heavy atom. The van der Waals surface area contributed by atoms with Crippen LogP contribution >= 0.6 is 0 Å². The summed E-state index contributed by atoms with van der Waals surface area (Å²) in [6, 6.07) is 4.65. The molecule has 0 spiro atoms. The summed E-state index contributed by atoms with van der Waals surface area (Å²) in [4.78, 5) is 4.74. The van der Waals surface area contributed by atoms with Crippen molar-refractivity contribution in [2.24, 2.45) is 0 Å². The second-order valence-corrected chi connectivity index (χ2v) is 4.90. The van der Waals surface area contributed by atoms with E-state index in [0.717, 1.165) is 44.0 Å². The lowest BCUT2D eigenvalue weighted by atomic mass is 10.2. The van der Waals surface area contributed by atoms with Crippen LogP contribution in [0.1, 0.15) is 5.56 Å². The van der Waals surface area contributed by atoms with Crippen LogP contribution in [0.15, 0.2) is 18.2 Å². The first-order valence-corrected chi connectivity index (χ1v) is 6.45. The summed E-state index contributed by atoms with van der Waals surface area (Å²) in [6.45, 7) is 7.91. The normalized spacial score (nSPS) is 17.9. The van der Waals surface area contributed by atoms with Gasteiger partial charge < -0.3 is 9.64 Å². The predicted octanol–water partition coefficient (Wildman–Crippen LogP) is 1.76. The van der Waals surface area contributed by atoms with E-state index in [2.05, 4.69) is 16.8 Å². The molecule has 0 N–H and O–H groups in total. The second kappa shape index (κ2) is 6.16. The molecule has 1 heterocycles. The third-order valence-corrected chi connectivity index (χ3v) is 3.40. The van der Waals surface area contributed by atoms with Crippen molar-refractivity contribution in [3.05, 3.63) is 29.6 Å². The maximum Gasteiger partial charge on any atom is 0.123 e. The molecule has 1 aromatic rings. The van der Waals surface area contributed by atoms with Crippen LogP contribution in [0.3, 0.4) is 0 Å². The molecule has 0 aliphatic carbocycles. The molecule has 0 amide bonds. The van der Waals surface area contributed by atoms with Gasteiger partial charge >= 0.3 is 0 Å². The highest BCUT2D eigenvalue weighted by atomic mass is 19.1. The number of ether oxygens (including phenoxy) is 1. The van der Waals surface area contributed by atoms with Crippen molar-refractivity contribution in [1.82, 2.24) is 9.80 Å². The minimum atomic E-state index is -0.209. The highest BCUT2D eigenvalue weighted by molar-refractivity contribution is 5.32. The molecule has 4 heteroatoms. The Morgan fingerprint density at radius 2 is 1.94 bits per heavy atom. The Morgan fingerprint density at radius 1 is 1.22 bits per heavy atom. The molecule has 100 valence electrons. The Balaban J connectivity index is 1.75. The fraction of sp³-hybridized carbons (Fsp3) is 0.571. The van der Waals surface area contributed by atoms with Gasteiger partial charge in [0, 0.05) is 32.7 Å². The van der Waals surface area contributed by atoms with Crippen molar-refractivity contribution in [3.63, 3.8) is 0 Å². The fourth-order valence-corrected chi connectivity index (χ4v) is 2.13. The second-order valence-electron chi connectivity index (χ2n) is 4.90. The molecule has 0 aromatic heterocycles. The summed E-state index contributed by atoms with van der Waals surface area (Å²) >= 11 is 0. The van der Waals surface area contributed by atoms with E-state index in [0.29, 0.717) is 6.61 Å². The van der Waals surface area contributed by atoms with Gasteiger partial charge in [-0.1, -0.05) is 0 Å². The Bertz CT molecular complexity index is 389. The zero-order chi connectivity index (χ0) is 13.0. The molecular formula is C14H21FN2O. The van der Waals surface area contributed by atoms with Crippen molar-refractivity contribution >= 4 is 0 Å². The van der Waals surface area contributed by atoms with Crippen LogP contribution in [-0.2, 0) is 0 Å². The highest BCUT2D eigenvalue weighted by Gasteiger charge is 2.13. The van der Waals surface area contributed by atoms with Crippen LogP contribution in [0.5, 0.6) is 5.75 Å². The fourth-order valence-electron chi connectivity index (χ4n) is 2.13. The molecule has 0 unspecified atom stereocenters. The summed E-state index contributed by atoms with van der Waals surface area (Å²) in [7, 11) is 2.15. The van der Waals surface area contributed by atoms with Crippen molar-refractivity contribution in [1.29, 1.82) is 0 Å². The standard InChI is InChI=1S/C14H21FN2O/c1-12-11-13(15)3-4-14(12)18-10-9-17-7-5-16(2)6-8-17/h3-4,11H,5-10H2,1-2H3. The van der Waals surface area contributed by atoms with Gasteiger partial charge in [-0.3, -0.25) is 4.90 Å². The maximum absolute atomic E-state index is 12.9. The first-order chi connectivity index (χ1) is 8.65. The van der Waals surface area contributed by atoms with E-state index in [1.807, 2.05) is 6.92 Å². The molecule has 0 atom stereocenters. The Hall–Kier alpha value is -1.13. The van der Waals surface area contributed by atoms with Crippen LogP contribution in [0.4, 0.5) is 4.39 Å². The van der Waals surface area contributed by atoms with E-state index in [9.17, 15) is 4.39 Å². The molecule has 2 rings (SSSR count). The number of rotatable bonds is 4. The van der Waals surface area contributed by atoms with E-state index < -0.39 is 0 Å². The molecule has 1 aliphatic rings. The molecule has 0 saturated carbocycles. The first-order valence-electron chi connectivity index (χ1n) is 6.45. The molecule has 1 aliphatic heterocycles. The van der Waals surface area contributed by atoms with Crippen molar-refractivity contribution < 1.29 is 9.13 Å². The van der Waals surface area contributed by atoms with Gasteiger partial charge in [0.25, 0.3) is 0 Å². The first kappa shape index (κ1) is 13.3. The van der Waals surface area contributed by atoms with Gasteiger partial charge in [0.05, 0.1) is 0 Å². The Kier molecular flexibility index (Phi) is 4.55. The van der Waals surface area contributed by atoms with E-state index in [4.69, 9.17) is 4.74 Å². The van der Waals surface area contributed by atoms with Crippen LogP contribution in [0.2, 0.25) is 0 Å². The average molecular weight is 252 g/mol. The molecule has 1 aromatic carbocycles. The molecule has 18 heavy (non-hydrogen) atoms. The molecule has 0 bridgehead atoms. The summed E-state index contributed by atoms with van der Waals surface area (Å²) in [6.07, 6.45) is 0. The number of piperazine rings is 1. The number of nitrogens with zero attached hydrogens (tertiary/aromatic N) is 2. The molecule has 1 fully saturated rings. The molecule has 0 radical (unpaired) electrons. The van der Waals surface area contributed by atoms with Crippen molar-refractivity contribution in [2.75, 3.05) is 46.4 Å². The summed E-state index contributed by atoms with van der Waals surface area (Å²) < 4.78 is 18.6. The number of halogens is 1. The van der Waals surface area contributed by atoms with Crippen LogP contribution in [0.25, 0.3) is 0 Å². The third kappa shape index (κ3) is 3.68. The van der Waals surface area contributed by atoms with Gasteiger partial charge in [0.2, 0.25) is 0 Å². The lowest BCUT2D eigenvalue weighted by Crippen LogP contribution is -2.45. The minimum absolute atomic E-state index is 0.209. The summed E-state index contributed by atoms with van der Waals surface area (Å²) in [5.74, 6) is 0.574. The number of aryl methyl sites for hydroxylation is 1. The van der Waals surface area contributed by atoms with Gasteiger partial charge in [0.1, 0.15) is 18.2 Å². The molecule has 1 saturated heterocycles. The minimum Gasteiger partial charge on any atom is -0.492 e. The van der Waals surface area contributed by atoms with Gasteiger partial charge in [-0.05, 0) is 37.7 Å². The smallest absolute Gasteiger partial charge is 0.123 e. The van der Waals surface area contributed by atoms with Gasteiger partial charge in [-0.25, -0.2) is 4.39 Å². The SMILES string of the molecule is Cc1cc(F)ccc1OCCN1CCN(C)CC1. The maximum atomic E-state index is 12.9. The molecule has 3 nitrogen and oxygen atoms in total. The lowest BCUT2D eigenvalue weighted by molar-refractivity contribution is 0.133. The Labute approximate surface area is 108 Å². The highest BCUT2D eigenvalue weighted by Crippen LogP contribution is 2.18. The predicted molar refractivity (Wildman–Crippen MR) is 70.6 cm³/mol. The number of hydrogen-bond acceptors (Lipinski definition) is 3. The number of benzene rings is 1. The van der Waals surface area contributed by atoms with Gasteiger partial charge in [0.15, 0.2) is 0 Å². The zero-order valence-corrected chi connectivity index (χ0v) is 11.2. The summed E-state index contributed by atoms with van der Waals surface area (Å²) in [5, 5.41) is 0. The largest absolute Gasteiger partial charge is 0.492 e. The van der Waals surface area contributed by atoms with Crippen LogP contribution in [0, 0.1) is 12.7 Å². The van der Waals surface area contributed by atoms with Crippen molar-refractivity contribution in [3.8, 4) is 5.75 Å². The van der Waals surface area contributed by atoms with Crippen LogP contribution < -0.4 is 4.74 Å². The molecular weight excluding hydrogens is 231 g/mol. The monoisotopic (exact) mass is 252 g/mol. The van der Waals surface area contributed by atoms with Crippen LogP contribution in [-0.4, -0.2) is 56.2 Å². The third-order valence-electron chi connectivity index (χ3n) is 3.40. The lowest BCUT2D eigenvalue weighted by Gasteiger charge is -2.32. The number of hydrogen-bond donors (Lipinski definition) is 0. The average Bonchev–Trinajstić information content (AvgIpc) is 2.34. The zero-order valence-electron chi connectivity index (χ0n) is 11.2. The van der Waals surface area contributed by atoms with Gasteiger partial charge in [-0.15, -0.1) is 0 Å². The van der Waals surface area contributed by atoms with E-state index >= 15 is 0 Å². The van der Waals surface area contributed by atoms with E-state index in [1.165, 1.54) is 12.1 Å². The number of likely N-dealkylation sites (N-methyl/N-ethyl adjacent to an activating group) is 1.